The Hall–Kier alpha value is 0. The van der Waals surface area contributed by atoms with Crippen LogP contribution in [0.15, 0.2) is 0 Å². The molecular weight excluding hydrogens is 108 g/mol. The molecule has 0 aromatic rings. The SMILES string of the molecule is CCC(C)C1CC1(C)C. The zero-order chi connectivity index (χ0) is 7.07. The van der Waals surface area contributed by atoms with Crippen molar-refractivity contribution in [3.8, 4) is 0 Å². The maximum absolute atomic E-state index is 2.38. The highest BCUT2D eigenvalue weighted by atomic mass is 14.5. The molecule has 0 aromatic heterocycles. The smallest absolute Gasteiger partial charge is 0.0320 e. The molecule has 0 radical (unpaired) electrons. The molecule has 1 rings (SSSR count). The number of rotatable bonds is 2. The topological polar surface area (TPSA) is 0 Å². The molecule has 0 amide bonds. The Morgan fingerprint density at radius 1 is 1.56 bits per heavy atom. The summed E-state index contributed by atoms with van der Waals surface area (Å²) in [4.78, 5) is 0. The van der Waals surface area contributed by atoms with Crippen molar-refractivity contribution in [3.05, 3.63) is 0 Å². The fraction of sp³-hybridized carbons (Fsp3) is 1.00. The summed E-state index contributed by atoms with van der Waals surface area (Å²) in [5.41, 5.74) is 0.690. The maximum Gasteiger partial charge on any atom is -0.0320 e. The molecule has 54 valence electrons. The first-order chi connectivity index (χ1) is 4.08. The van der Waals surface area contributed by atoms with Crippen LogP contribution in [0.2, 0.25) is 0 Å². The highest BCUT2D eigenvalue weighted by molar-refractivity contribution is 4.97. The second kappa shape index (κ2) is 2.00. The lowest BCUT2D eigenvalue weighted by Crippen LogP contribution is -2.00. The van der Waals surface area contributed by atoms with Gasteiger partial charge in [-0.2, -0.15) is 0 Å². The van der Waals surface area contributed by atoms with Crippen LogP contribution in [0.5, 0.6) is 0 Å². The largest absolute Gasteiger partial charge is 0.0651 e. The predicted molar refractivity (Wildman–Crippen MR) is 41.3 cm³/mol. The minimum absolute atomic E-state index is 0.690. The summed E-state index contributed by atoms with van der Waals surface area (Å²) >= 11 is 0. The van der Waals surface area contributed by atoms with Crippen LogP contribution in [0, 0.1) is 17.3 Å². The predicted octanol–water partition coefficient (Wildman–Crippen LogP) is 3.08. The molecule has 9 heavy (non-hydrogen) atoms. The quantitative estimate of drug-likeness (QED) is 0.533. The van der Waals surface area contributed by atoms with Gasteiger partial charge in [-0.05, 0) is 23.7 Å². The number of hydrogen-bond donors (Lipinski definition) is 0. The maximum atomic E-state index is 2.38. The van der Waals surface area contributed by atoms with E-state index in [1.807, 2.05) is 0 Å². The van der Waals surface area contributed by atoms with Gasteiger partial charge in [0.05, 0.1) is 0 Å². The van der Waals surface area contributed by atoms with Crippen molar-refractivity contribution in [2.75, 3.05) is 0 Å². The molecule has 1 fully saturated rings. The number of hydrogen-bond acceptors (Lipinski definition) is 0. The first kappa shape index (κ1) is 7.11. The first-order valence-corrected chi connectivity index (χ1v) is 4.08. The normalized spacial score (nSPS) is 34.0. The van der Waals surface area contributed by atoms with Crippen LogP contribution >= 0.6 is 0 Å². The van der Waals surface area contributed by atoms with E-state index in [0.717, 1.165) is 11.8 Å². The molecule has 1 aliphatic rings. The van der Waals surface area contributed by atoms with Gasteiger partial charge in [0.25, 0.3) is 0 Å². The Labute approximate surface area is 58.7 Å². The van der Waals surface area contributed by atoms with Gasteiger partial charge in [-0.3, -0.25) is 0 Å². The average Bonchev–Trinajstić information content (AvgIpc) is 2.38. The fourth-order valence-electron chi connectivity index (χ4n) is 1.76. The van der Waals surface area contributed by atoms with E-state index in [2.05, 4.69) is 27.7 Å². The van der Waals surface area contributed by atoms with Crippen molar-refractivity contribution in [2.45, 2.75) is 40.5 Å². The van der Waals surface area contributed by atoms with Gasteiger partial charge in [-0.1, -0.05) is 34.1 Å². The summed E-state index contributed by atoms with van der Waals surface area (Å²) in [6.45, 7) is 9.42. The van der Waals surface area contributed by atoms with Gasteiger partial charge < -0.3 is 0 Å². The molecule has 0 nitrogen and oxygen atoms in total. The van der Waals surface area contributed by atoms with Crippen LogP contribution in [0.3, 0.4) is 0 Å². The Balaban J connectivity index is 2.33. The molecule has 0 aromatic carbocycles. The third-order valence-electron chi connectivity index (χ3n) is 2.92. The Morgan fingerprint density at radius 2 is 2.00 bits per heavy atom. The van der Waals surface area contributed by atoms with E-state index in [1.165, 1.54) is 12.8 Å². The first-order valence-electron chi connectivity index (χ1n) is 4.08. The molecule has 2 unspecified atom stereocenters. The lowest BCUT2D eigenvalue weighted by molar-refractivity contribution is 0.412. The summed E-state index contributed by atoms with van der Waals surface area (Å²) in [6.07, 6.45) is 2.82. The van der Waals surface area contributed by atoms with Crippen LogP contribution in [0.4, 0.5) is 0 Å². The van der Waals surface area contributed by atoms with Crippen LogP contribution in [0.25, 0.3) is 0 Å². The van der Waals surface area contributed by atoms with Crippen LogP contribution in [0.1, 0.15) is 40.5 Å². The van der Waals surface area contributed by atoms with Crippen molar-refractivity contribution in [2.24, 2.45) is 17.3 Å². The van der Waals surface area contributed by atoms with E-state index < -0.39 is 0 Å². The van der Waals surface area contributed by atoms with Crippen molar-refractivity contribution in [1.82, 2.24) is 0 Å². The summed E-state index contributed by atoms with van der Waals surface area (Å²) < 4.78 is 0. The van der Waals surface area contributed by atoms with Crippen molar-refractivity contribution < 1.29 is 0 Å². The van der Waals surface area contributed by atoms with Crippen molar-refractivity contribution in [3.63, 3.8) is 0 Å². The molecule has 2 atom stereocenters. The second-order valence-electron chi connectivity index (χ2n) is 4.18. The minimum Gasteiger partial charge on any atom is -0.0651 e. The standard InChI is InChI=1S/C9H18/c1-5-7(2)8-6-9(8,3)4/h7-8H,5-6H2,1-4H3. The van der Waals surface area contributed by atoms with E-state index in [0.29, 0.717) is 5.41 Å². The van der Waals surface area contributed by atoms with Gasteiger partial charge in [0.15, 0.2) is 0 Å². The molecular formula is C9H18. The lowest BCUT2D eigenvalue weighted by Gasteiger charge is -2.08. The summed E-state index contributed by atoms with van der Waals surface area (Å²) in [7, 11) is 0. The summed E-state index contributed by atoms with van der Waals surface area (Å²) in [5, 5.41) is 0. The molecule has 0 bridgehead atoms. The van der Waals surface area contributed by atoms with Crippen LogP contribution in [-0.2, 0) is 0 Å². The minimum atomic E-state index is 0.690. The third-order valence-corrected chi connectivity index (χ3v) is 2.92. The zero-order valence-electron chi connectivity index (χ0n) is 7.07. The van der Waals surface area contributed by atoms with Gasteiger partial charge >= 0.3 is 0 Å². The molecule has 0 saturated heterocycles. The van der Waals surface area contributed by atoms with Crippen LogP contribution in [-0.4, -0.2) is 0 Å². The highest BCUT2D eigenvalue weighted by Gasteiger charge is 2.47. The van der Waals surface area contributed by atoms with Gasteiger partial charge in [0.2, 0.25) is 0 Å². The van der Waals surface area contributed by atoms with Gasteiger partial charge in [0.1, 0.15) is 0 Å². The molecule has 1 aliphatic carbocycles. The van der Waals surface area contributed by atoms with Crippen molar-refractivity contribution in [1.29, 1.82) is 0 Å². The van der Waals surface area contributed by atoms with Gasteiger partial charge in [-0.25, -0.2) is 0 Å². The fourth-order valence-corrected chi connectivity index (χ4v) is 1.76. The summed E-state index contributed by atoms with van der Waals surface area (Å²) in [6, 6.07) is 0. The second-order valence-corrected chi connectivity index (χ2v) is 4.18. The highest BCUT2D eigenvalue weighted by Crippen LogP contribution is 2.56. The Morgan fingerprint density at radius 3 is 2.11 bits per heavy atom. The zero-order valence-corrected chi connectivity index (χ0v) is 7.07. The monoisotopic (exact) mass is 126 g/mol. The average molecular weight is 126 g/mol. The molecule has 0 heterocycles. The third kappa shape index (κ3) is 1.28. The Bertz CT molecular complexity index is 103. The van der Waals surface area contributed by atoms with E-state index in [4.69, 9.17) is 0 Å². The molecule has 1 saturated carbocycles. The van der Waals surface area contributed by atoms with Gasteiger partial charge in [0, 0.05) is 0 Å². The van der Waals surface area contributed by atoms with E-state index in [-0.39, 0.29) is 0 Å². The molecule has 0 spiro atoms. The molecule has 0 N–H and O–H groups in total. The van der Waals surface area contributed by atoms with E-state index >= 15 is 0 Å². The Kier molecular flexibility index (Phi) is 1.58. The van der Waals surface area contributed by atoms with Crippen LogP contribution < -0.4 is 0 Å². The molecule has 0 aliphatic heterocycles. The van der Waals surface area contributed by atoms with E-state index in [1.54, 1.807) is 0 Å². The van der Waals surface area contributed by atoms with Crippen molar-refractivity contribution >= 4 is 0 Å². The van der Waals surface area contributed by atoms with E-state index in [9.17, 15) is 0 Å². The molecule has 0 heteroatoms. The van der Waals surface area contributed by atoms with Gasteiger partial charge in [-0.15, -0.1) is 0 Å². The summed E-state index contributed by atoms with van der Waals surface area (Å²) in [5.74, 6) is 1.99. The lowest BCUT2D eigenvalue weighted by atomic mass is 9.97.